The Morgan fingerprint density at radius 3 is 2.53 bits per heavy atom. The standard InChI is InChI=1S/C25H30FN7O3/c1-30-9-11-31(12-10-30)25(36)20-14-24(35)33-23(13-19(29-33)17-5-3-2-4-6-17)32(20)16-22(34)28-21-8-7-18(26)15-27-21/h7-8,13-15,17H,2-6,9-12,16H2,1H3,(H,27,28,34). The lowest BCUT2D eigenvalue weighted by atomic mass is 9.87. The van der Waals surface area contributed by atoms with Gasteiger partial charge in [0.25, 0.3) is 11.5 Å². The van der Waals surface area contributed by atoms with Crippen LogP contribution < -0.4 is 10.9 Å². The number of hydrogen-bond acceptors (Lipinski definition) is 6. The van der Waals surface area contributed by atoms with E-state index in [9.17, 15) is 18.8 Å². The number of aromatic nitrogens is 4. The van der Waals surface area contributed by atoms with Gasteiger partial charge in [0.2, 0.25) is 5.91 Å². The number of fused-ring (bicyclic) bond motifs is 1. The minimum atomic E-state index is -0.510. The summed E-state index contributed by atoms with van der Waals surface area (Å²) in [5.41, 5.74) is 0.962. The van der Waals surface area contributed by atoms with Gasteiger partial charge in [-0.15, -0.1) is 0 Å². The van der Waals surface area contributed by atoms with Gasteiger partial charge in [-0.2, -0.15) is 9.61 Å². The van der Waals surface area contributed by atoms with Crippen molar-refractivity contribution in [1.82, 2.24) is 29.0 Å². The third kappa shape index (κ3) is 5.01. The molecule has 4 heterocycles. The predicted molar refractivity (Wildman–Crippen MR) is 132 cm³/mol. The first-order chi connectivity index (χ1) is 17.4. The third-order valence-corrected chi connectivity index (χ3v) is 7.08. The number of piperazine rings is 1. The number of nitrogens with zero attached hydrogens (tertiary/aromatic N) is 6. The Balaban J connectivity index is 1.52. The zero-order valence-corrected chi connectivity index (χ0v) is 20.3. The molecule has 11 heteroatoms. The zero-order valence-electron chi connectivity index (χ0n) is 20.3. The maximum absolute atomic E-state index is 13.5. The van der Waals surface area contributed by atoms with E-state index < -0.39 is 17.3 Å². The number of carbonyl (C=O) groups excluding carboxylic acids is 2. The fraction of sp³-hybridized carbons (Fsp3) is 0.480. The summed E-state index contributed by atoms with van der Waals surface area (Å²) in [7, 11) is 2.00. The van der Waals surface area contributed by atoms with Gasteiger partial charge in [-0.1, -0.05) is 19.3 Å². The Kier molecular flexibility index (Phi) is 6.82. The number of anilines is 1. The summed E-state index contributed by atoms with van der Waals surface area (Å²) in [6, 6.07) is 5.68. The highest BCUT2D eigenvalue weighted by Gasteiger charge is 2.27. The maximum atomic E-state index is 13.5. The minimum Gasteiger partial charge on any atom is -0.335 e. The second kappa shape index (κ2) is 10.2. The lowest BCUT2D eigenvalue weighted by Gasteiger charge is -2.33. The van der Waals surface area contributed by atoms with Crippen LogP contribution in [0.15, 0.2) is 35.3 Å². The Morgan fingerprint density at radius 2 is 1.83 bits per heavy atom. The van der Waals surface area contributed by atoms with Crippen molar-refractivity contribution in [3.8, 4) is 0 Å². The molecule has 1 N–H and O–H groups in total. The SMILES string of the molecule is CN1CCN(C(=O)c2cc(=O)n3nc(C4CCCCC4)cc3n2CC(=O)Nc2ccc(F)cn2)CC1. The highest BCUT2D eigenvalue weighted by Crippen LogP contribution is 2.32. The maximum Gasteiger partial charge on any atom is 0.275 e. The van der Waals surface area contributed by atoms with Gasteiger partial charge in [0.15, 0.2) is 0 Å². The van der Waals surface area contributed by atoms with Crippen molar-refractivity contribution in [1.29, 1.82) is 0 Å². The highest BCUT2D eigenvalue weighted by molar-refractivity contribution is 5.95. The molecule has 3 aromatic heterocycles. The monoisotopic (exact) mass is 495 g/mol. The normalized spacial score (nSPS) is 17.4. The Bertz CT molecular complexity index is 1320. The molecule has 2 aliphatic rings. The van der Waals surface area contributed by atoms with Crippen molar-refractivity contribution in [2.24, 2.45) is 0 Å². The number of rotatable bonds is 5. The van der Waals surface area contributed by atoms with Crippen LogP contribution in [0.5, 0.6) is 0 Å². The van der Waals surface area contributed by atoms with Gasteiger partial charge in [0.1, 0.15) is 29.5 Å². The second-order valence-corrected chi connectivity index (χ2v) is 9.63. The molecule has 0 bridgehead atoms. The zero-order chi connectivity index (χ0) is 25.2. The number of hydrogen-bond donors (Lipinski definition) is 1. The van der Waals surface area contributed by atoms with Crippen LogP contribution in [0, 0.1) is 5.82 Å². The summed E-state index contributed by atoms with van der Waals surface area (Å²) in [5.74, 6) is -0.810. The number of pyridine rings is 1. The summed E-state index contributed by atoms with van der Waals surface area (Å²) < 4.78 is 16.1. The molecule has 0 radical (unpaired) electrons. The molecular weight excluding hydrogens is 465 g/mol. The van der Waals surface area contributed by atoms with Crippen LogP contribution >= 0.6 is 0 Å². The predicted octanol–water partition coefficient (Wildman–Crippen LogP) is 2.10. The summed E-state index contributed by atoms with van der Waals surface area (Å²) in [6.45, 7) is 2.30. The Labute approximate surface area is 207 Å². The van der Waals surface area contributed by atoms with Gasteiger partial charge in [0, 0.05) is 44.2 Å². The second-order valence-electron chi connectivity index (χ2n) is 9.63. The van der Waals surface area contributed by atoms with E-state index >= 15 is 0 Å². The number of nitrogens with one attached hydrogen (secondary N) is 1. The van der Waals surface area contributed by atoms with Crippen LogP contribution in [0.2, 0.25) is 0 Å². The fourth-order valence-electron chi connectivity index (χ4n) is 5.01. The molecule has 1 saturated heterocycles. The first-order valence-electron chi connectivity index (χ1n) is 12.4. The highest BCUT2D eigenvalue weighted by atomic mass is 19.1. The summed E-state index contributed by atoms with van der Waals surface area (Å²) in [4.78, 5) is 47.3. The molecule has 3 aromatic rings. The lowest BCUT2D eigenvalue weighted by Crippen LogP contribution is -2.48. The van der Waals surface area contributed by atoms with Gasteiger partial charge in [-0.3, -0.25) is 14.4 Å². The van der Waals surface area contributed by atoms with Crippen LogP contribution in [-0.4, -0.2) is 74.0 Å². The largest absolute Gasteiger partial charge is 0.335 e. The number of amides is 2. The van der Waals surface area contributed by atoms with Crippen LogP contribution in [0.25, 0.3) is 5.65 Å². The average Bonchev–Trinajstić information content (AvgIpc) is 3.34. The molecule has 1 aliphatic carbocycles. The number of carbonyl (C=O) groups is 2. The lowest BCUT2D eigenvalue weighted by molar-refractivity contribution is -0.116. The van der Waals surface area contributed by atoms with Gasteiger partial charge >= 0.3 is 0 Å². The first-order valence-corrected chi connectivity index (χ1v) is 12.4. The Morgan fingerprint density at radius 1 is 1.08 bits per heavy atom. The van der Waals surface area contributed by atoms with Crippen molar-refractivity contribution < 1.29 is 14.0 Å². The molecule has 36 heavy (non-hydrogen) atoms. The molecule has 0 atom stereocenters. The van der Waals surface area contributed by atoms with Gasteiger partial charge in [0.05, 0.1) is 11.9 Å². The van der Waals surface area contributed by atoms with E-state index in [1.54, 1.807) is 9.47 Å². The van der Waals surface area contributed by atoms with Crippen LogP contribution in [-0.2, 0) is 11.3 Å². The van der Waals surface area contributed by atoms with Crippen molar-refractivity contribution in [2.75, 3.05) is 38.5 Å². The molecule has 0 aromatic carbocycles. The Hall–Kier alpha value is -3.60. The van der Waals surface area contributed by atoms with Crippen LogP contribution in [0.3, 0.4) is 0 Å². The molecule has 0 unspecified atom stereocenters. The summed E-state index contributed by atoms with van der Waals surface area (Å²) >= 11 is 0. The van der Waals surface area contributed by atoms with Crippen molar-refractivity contribution in [3.05, 3.63) is 58.0 Å². The van der Waals surface area contributed by atoms with Gasteiger partial charge in [-0.05, 0) is 32.0 Å². The van der Waals surface area contributed by atoms with E-state index in [4.69, 9.17) is 0 Å². The van der Waals surface area contributed by atoms with E-state index in [1.807, 2.05) is 13.1 Å². The first kappa shape index (κ1) is 24.1. The van der Waals surface area contributed by atoms with Crippen LogP contribution in [0.1, 0.15) is 54.2 Å². The molecule has 2 amide bonds. The van der Waals surface area contributed by atoms with E-state index in [2.05, 4.69) is 20.3 Å². The minimum absolute atomic E-state index is 0.148. The number of halogens is 1. The molecule has 190 valence electrons. The average molecular weight is 496 g/mol. The number of likely N-dealkylation sites (N-methyl/N-ethyl adjacent to an activating group) is 1. The summed E-state index contributed by atoms with van der Waals surface area (Å²) in [5, 5.41) is 7.23. The molecule has 5 rings (SSSR count). The van der Waals surface area contributed by atoms with Crippen LogP contribution in [0.4, 0.5) is 10.2 Å². The van der Waals surface area contributed by atoms with E-state index in [0.29, 0.717) is 18.7 Å². The fourth-order valence-corrected chi connectivity index (χ4v) is 5.01. The molecule has 10 nitrogen and oxygen atoms in total. The summed E-state index contributed by atoms with van der Waals surface area (Å²) in [6.07, 6.45) is 6.44. The molecule has 1 aliphatic heterocycles. The van der Waals surface area contributed by atoms with E-state index in [-0.39, 0.29) is 29.9 Å². The third-order valence-electron chi connectivity index (χ3n) is 7.08. The van der Waals surface area contributed by atoms with Crippen molar-refractivity contribution in [3.63, 3.8) is 0 Å². The van der Waals surface area contributed by atoms with Crippen molar-refractivity contribution >= 4 is 23.3 Å². The molecule has 2 fully saturated rings. The quantitative estimate of drug-likeness (QED) is 0.581. The molecule has 0 spiro atoms. The molecule has 1 saturated carbocycles. The smallest absolute Gasteiger partial charge is 0.275 e. The van der Waals surface area contributed by atoms with E-state index in [1.165, 1.54) is 29.1 Å². The molecular formula is C25H30FN7O3. The topological polar surface area (TPSA) is 105 Å². The van der Waals surface area contributed by atoms with Crippen molar-refractivity contribution in [2.45, 2.75) is 44.6 Å². The van der Waals surface area contributed by atoms with E-state index in [0.717, 1.165) is 50.7 Å². The van der Waals surface area contributed by atoms with Gasteiger partial charge in [-0.25, -0.2) is 9.37 Å². The van der Waals surface area contributed by atoms with Gasteiger partial charge < -0.3 is 19.7 Å².